The molecule has 0 aliphatic heterocycles. The van der Waals surface area contributed by atoms with E-state index in [4.69, 9.17) is 0 Å². The SMILES string of the molecule is CCn1cc(CNc2cnn(CC)c2C)cn1. The van der Waals surface area contributed by atoms with Crippen LogP contribution in [0.4, 0.5) is 5.69 Å². The summed E-state index contributed by atoms with van der Waals surface area (Å²) in [6.45, 7) is 8.85. The molecule has 17 heavy (non-hydrogen) atoms. The van der Waals surface area contributed by atoms with Crippen molar-refractivity contribution in [3.63, 3.8) is 0 Å². The van der Waals surface area contributed by atoms with E-state index in [1.54, 1.807) is 0 Å². The molecule has 5 heteroatoms. The van der Waals surface area contributed by atoms with E-state index in [0.717, 1.165) is 25.3 Å². The summed E-state index contributed by atoms with van der Waals surface area (Å²) in [5.74, 6) is 0. The molecule has 0 aliphatic carbocycles. The molecule has 0 saturated heterocycles. The molecule has 0 saturated carbocycles. The molecule has 2 aromatic rings. The predicted octanol–water partition coefficient (Wildman–Crippen LogP) is 2.04. The Bertz CT molecular complexity index is 483. The summed E-state index contributed by atoms with van der Waals surface area (Å²) in [4.78, 5) is 0. The number of nitrogens with zero attached hydrogens (tertiary/aromatic N) is 4. The zero-order valence-electron chi connectivity index (χ0n) is 10.6. The first-order valence-corrected chi connectivity index (χ1v) is 6.02. The van der Waals surface area contributed by atoms with Crippen LogP contribution in [-0.4, -0.2) is 19.6 Å². The molecule has 0 unspecified atom stereocenters. The van der Waals surface area contributed by atoms with E-state index >= 15 is 0 Å². The van der Waals surface area contributed by atoms with Gasteiger partial charge in [0.15, 0.2) is 0 Å². The third-order valence-corrected chi connectivity index (χ3v) is 2.90. The Labute approximate surface area is 101 Å². The molecule has 2 heterocycles. The summed E-state index contributed by atoms with van der Waals surface area (Å²) < 4.78 is 3.91. The van der Waals surface area contributed by atoms with E-state index in [9.17, 15) is 0 Å². The van der Waals surface area contributed by atoms with Crippen molar-refractivity contribution in [3.05, 3.63) is 29.8 Å². The zero-order chi connectivity index (χ0) is 12.3. The number of aryl methyl sites for hydroxylation is 2. The second-order valence-corrected chi connectivity index (χ2v) is 4.02. The molecule has 0 amide bonds. The van der Waals surface area contributed by atoms with Gasteiger partial charge in [0, 0.05) is 31.4 Å². The predicted molar refractivity (Wildman–Crippen MR) is 67.9 cm³/mol. The van der Waals surface area contributed by atoms with Crippen LogP contribution in [0, 0.1) is 6.92 Å². The smallest absolute Gasteiger partial charge is 0.0758 e. The highest BCUT2D eigenvalue weighted by Gasteiger charge is 2.04. The van der Waals surface area contributed by atoms with E-state index in [2.05, 4.69) is 42.5 Å². The summed E-state index contributed by atoms with van der Waals surface area (Å²) in [6, 6.07) is 0. The number of aromatic nitrogens is 4. The quantitative estimate of drug-likeness (QED) is 0.859. The van der Waals surface area contributed by atoms with E-state index in [1.165, 1.54) is 11.3 Å². The van der Waals surface area contributed by atoms with Crippen LogP contribution >= 0.6 is 0 Å². The number of rotatable bonds is 5. The number of hydrogen-bond acceptors (Lipinski definition) is 3. The van der Waals surface area contributed by atoms with Crippen LogP contribution in [0.3, 0.4) is 0 Å². The highest BCUT2D eigenvalue weighted by Crippen LogP contribution is 2.14. The van der Waals surface area contributed by atoms with Gasteiger partial charge in [-0.05, 0) is 20.8 Å². The fourth-order valence-corrected chi connectivity index (χ4v) is 1.81. The largest absolute Gasteiger partial charge is 0.378 e. The van der Waals surface area contributed by atoms with Crippen molar-refractivity contribution < 1.29 is 0 Å². The number of hydrogen-bond donors (Lipinski definition) is 1. The lowest BCUT2D eigenvalue weighted by atomic mass is 10.3. The van der Waals surface area contributed by atoms with Gasteiger partial charge in [0.2, 0.25) is 0 Å². The maximum absolute atomic E-state index is 4.30. The van der Waals surface area contributed by atoms with Crippen molar-refractivity contribution in [1.29, 1.82) is 0 Å². The van der Waals surface area contributed by atoms with Gasteiger partial charge in [-0.25, -0.2) is 0 Å². The molecule has 0 aromatic carbocycles. The molecule has 2 rings (SSSR count). The van der Waals surface area contributed by atoms with Gasteiger partial charge < -0.3 is 5.32 Å². The minimum atomic E-state index is 0.788. The highest BCUT2D eigenvalue weighted by atomic mass is 15.3. The van der Waals surface area contributed by atoms with Crippen LogP contribution in [0.2, 0.25) is 0 Å². The third-order valence-electron chi connectivity index (χ3n) is 2.90. The molecule has 0 atom stereocenters. The Balaban J connectivity index is 1.99. The average molecular weight is 233 g/mol. The molecule has 0 aliphatic rings. The first-order chi connectivity index (χ1) is 8.24. The van der Waals surface area contributed by atoms with Crippen LogP contribution in [-0.2, 0) is 19.6 Å². The Morgan fingerprint density at radius 2 is 2.00 bits per heavy atom. The Hall–Kier alpha value is -1.78. The molecule has 0 radical (unpaired) electrons. The van der Waals surface area contributed by atoms with E-state index < -0.39 is 0 Å². The van der Waals surface area contributed by atoms with Crippen LogP contribution in [0.5, 0.6) is 0 Å². The lowest BCUT2D eigenvalue weighted by Gasteiger charge is -2.04. The molecule has 2 aromatic heterocycles. The van der Waals surface area contributed by atoms with Crippen LogP contribution in [0.15, 0.2) is 18.6 Å². The summed E-state index contributed by atoms with van der Waals surface area (Å²) in [5.41, 5.74) is 3.46. The fourth-order valence-electron chi connectivity index (χ4n) is 1.81. The summed E-state index contributed by atoms with van der Waals surface area (Å²) in [5, 5.41) is 11.9. The Kier molecular flexibility index (Phi) is 3.46. The van der Waals surface area contributed by atoms with Gasteiger partial charge in [-0.2, -0.15) is 10.2 Å². The maximum atomic E-state index is 4.30. The first-order valence-electron chi connectivity index (χ1n) is 6.02. The van der Waals surface area contributed by atoms with E-state index in [0.29, 0.717) is 0 Å². The van der Waals surface area contributed by atoms with Crippen LogP contribution in [0.25, 0.3) is 0 Å². The second-order valence-electron chi connectivity index (χ2n) is 4.02. The van der Waals surface area contributed by atoms with Gasteiger partial charge >= 0.3 is 0 Å². The average Bonchev–Trinajstić information content (AvgIpc) is 2.93. The van der Waals surface area contributed by atoms with E-state index in [1.807, 2.05) is 21.8 Å². The fraction of sp³-hybridized carbons (Fsp3) is 0.500. The van der Waals surface area contributed by atoms with Crippen molar-refractivity contribution in [2.45, 2.75) is 40.4 Å². The minimum Gasteiger partial charge on any atom is -0.378 e. The lowest BCUT2D eigenvalue weighted by Crippen LogP contribution is -2.02. The van der Waals surface area contributed by atoms with Gasteiger partial charge in [0.1, 0.15) is 0 Å². The number of anilines is 1. The minimum absolute atomic E-state index is 0.788. The molecule has 0 bridgehead atoms. The topological polar surface area (TPSA) is 47.7 Å². The van der Waals surface area contributed by atoms with E-state index in [-0.39, 0.29) is 0 Å². The number of nitrogens with one attached hydrogen (secondary N) is 1. The Morgan fingerprint density at radius 3 is 2.59 bits per heavy atom. The summed E-state index contributed by atoms with van der Waals surface area (Å²) in [6.07, 6.45) is 5.84. The van der Waals surface area contributed by atoms with Crippen LogP contribution in [0.1, 0.15) is 25.1 Å². The Morgan fingerprint density at radius 1 is 1.18 bits per heavy atom. The summed E-state index contributed by atoms with van der Waals surface area (Å²) >= 11 is 0. The van der Waals surface area contributed by atoms with Gasteiger partial charge in [0.25, 0.3) is 0 Å². The summed E-state index contributed by atoms with van der Waals surface area (Å²) in [7, 11) is 0. The van der Waals surface area contributed by atoms with Crippen molar-refractivity contribution in [1.82, 2.24) is 19.6 Å². The lowest BCUT2D eigenvalue weighted by molar-refractivity contribution is 0.640. The van der Waals surface area contributed by atoms with Gasteiger partial charge in [0.05, 0.1) is 23.8 Å². The third kappa shape index (κ3) is 2.49. The molecule has 1 N–H and O–H groups in total. The highest BCUT2D eigenvalue weighted by molar-refractivity contribution is 5.46. The standard InChI is InChI=1S/C12H19N5/c1-4-16-9-11(7-14-16)6-13-12-8-15-17(5-2)10(12)3/h7-9,13H,4-6H2,1-3H3. The second kappa shape index (κ2) is 5.03. The first kappa shape index (κ1) is 11.7. The molecule has 92 valence electrons. The zero-order valence-corrected chi connectivity index (χ0v) is 10.6. The monoisotopic (exact) mass is 233 g/mol. The molecular formula is C12H19N5. The molecule has 0 fully saturated rings. The van der Waals surface area contributed by atoms with Crippen molar-refractivity contribution in [2.24, 2.45) is 0 Å². The van der Waals surface area contributed by atoms with Crippen molar-refractivity contribution >= 4 is 5.69 Å². The van der Waals surface area contributed by atoms with Crippen molar-refractivity contribution in [2.75, 3.05) is 5.32 Å². The van der Waals surface area contributed by atoms with Gasteiger partial charge in [-0.15, -0.1) is 0 Å². The van der Waals surface area contributed by atoms with Crippen molar-refractivity contribution in [3.8, 4) is 0 Å². The normalized spacial score (nSPS) is 10.8. The molecular weight excluding hydrogens is 214 g/mol. The maximum Gasteiger partial charge on any atom is 0.0758 e. The molecule has 5 nitrogen and oxygen atoms in total. The molecule has 0 spiro atoms. The van der Waals surface area contributed by atoms with Crippen LogP contribution < -0.4 is 5.32 Å². The van der Waals surface area contributed by atoms with Gasteiger partial charge in [-0.1, -0.05) is 0 Å². The van der Waals surface area contributed by atoms with Gasteiger partial charge in [-0.3, -0.25) is 9.36 Å².